The van der Waals surface area contributed by atoms with Gasteiger partial charge in [-0.15, -0.1) is 5.10 Å². The van der Waals surface area contributed by atoms with Crippen molar-refractivity contribution in [1.29, 1.82) is 0 Å². The Morgan fingerprint density at radius 2 is 2.16 bits per heavy atom. The second-order valence-corrected chi connectivity index (χ2v) is 6.80. The molecule has 1 N–H and O–H groups in total. The van der Waals surface area contributed by atoms with Gasteiger partial charge in [-0.3, -0.25) is 14.9 Å². The topological polar surface area (TPSA) is 71.5 Å². The number of aryl methyl sites for hydroxylation is 1. The summed E-state index contributed by atoms with van der Waals surface area (Å²) in [5.74, 6) is 0.0131. The summed E-state index contributed by atoms with van der Waals surface area (Å²) < 4.78 is 13.3. The molecule has 0 bridgehead atoms. The van der Waals surface area contributed by atoms with E-state index in [4.69, 9.17) is 0 Å². The third kappa shape index (κ3) is 4.11. The maximum Gasteiger partial charge on any atom is 0.209 e. The molecular formula is C18H17FN4OS. The van der Waals surface area contributed by atoms with Crippen molar-refractivity contribution in [3.05, 3.63) is 59.7 Å². The molecule has 0 fully saturated rings. The van der Waals surface area contributed by atoms with Gasteiger partial charge in [0.2, 0.25) is 5.16 Å². The van der Waals surface area contributed by atoms with Crippen molar-refractivity contribution in [2.45, 2.75) is 30.7 Å². The first-order valence-corrected chi connectivity index (χ1v) is 8.79. The maximum absolute atomic E-state index is 13.3. The van der Waals surface area contributed by atoms with Gasteiger partial charge in [-0.1, -0.05) is 30.8 Å². The molecule has 128 valence electrons. The maximum atomic E-state index is 13.3. The minimum Gasteiger partial charge on any atom is -0.293 e. The number of aromatic amines is 1. The number of carbonyl (C=O) groups excluding carboxylic acids is 1. The fraction of sp³-hybridized carbons (Fsp3) is 0.222. The predicted octanol–water partition coefficient (Wildman–Crippen LogP) is 3.93. The van der Waals surface area contributed by atoms with E-state index in [1.807, 2.05) is 19.1 Å². The van der Waals surface area contributed by atoms with Gasteiger partial charge in [0.1, 0.15) is 5.82 Å². The molecule has 2 aromatic heterocycles. The molecule has 25 heavy (non-hydrogen) atoms. The molecule has 1 aromatic carbocycles. The highest BCUT2D eigenvalue weighted by molar-refractivity contribution is 8.00. The van der Waals surface area contributed by atoms with Crippen LogP contribution in [0.25, 0.3) is 11.4 Å². The summed E-state index contributed by atoms with van der Waals surface area (Å²) >= 11 is 1.23. The van der Waals surface area contributed by atoms with Gasteiger partial charge in [-0.2, -0.15) is 0 Å². The number of pyridine rings is 1. The number of thioether (sulfide) groups is 1. The summed E-state index contributed by atoms with van der Waals surface area (Å²) in [4.78, 5) is 21.1. The van der Waals surface area contributed by atoms with Gasteiger partial charge in [0, 0.05) is 23.0 Å². The quantitative estimate of drug-likeness (QED) is 0.535. The molecule has 0 saturated carbocycles. The van der Waals surface area contributed by atoms with Crippen LogP contribution in [0.5, 0.6) is 0 Å². The second-order valence-electron chi connectivity index (χ2n) is 5.49. The van der Waals surface area contributed by atoms with Crippen LogP contribution in [0, 0.1) is 5.82 Å². The van der Waals surface area contributed by atoms with Crippen LogP contribution >= 0.6 is 11.8 Å². The zero-order valence-electron chi connectivity index (χ0n) is 13.9. The van der Waals surface area contributed by atoms with Crippen molar-refractivity contribution in [1.82, 2.24) is 20.2 Å². The van der Waals surface area contributed by atoms with Crippen LogP contribution < -0.4 is 0 Å². The second kappa shape index (κ2) is 7.57. The number of nitrogens with zero attached hydrogens (tertiary/aromatic N) is 3. The lowest BCUT2D eigenvalue weighted by Gasteiger charge is -2.07. The highest BCUT2D eigenvalue weighted by atomic mass is 32.2. The molecule has 0 saturated heterocycles. The van der Waals surface area contributed by atoms with E-state index in [-0.39, 0.29) is 5.78 Å². The zero-order chi connectivity index (χ0) is 17.8. The Hall–Kier alpha value is -2.54. The SMILES string of the molecule is CCc1ccc(-c2nc(SC(C)C(=O)c3cccc(F)c3)n[nH]2)cn1. The van der Waals surface area contributed by atoms with E-state index in [0.717, 1.165) is 17.7 Å². The monoisotopic (exact) mass is 356 g/mol. The lowest BCUT2D eigenvalue weighted by atomic mass is 10.1. The fourth-order valence-electron chi connectivity index (χ4n) is 2.29. The lowest BCUT2D eigenvalue weighted by molar-refractivity contribution is 0.0993. The third-order valence-corrected chi connectivity index (χ3v) is 4.65. The van der Waals surface area contributed by atoms with Gasteiger partial charge in [0.15, 0.2) is 11.6 Å². The molecule has 1 unspecified atom stereocenters. The zero-order valence-corrected chi connectivity index (χ0v) is 14.7. The van der Waals surface area contributed by atoms with Crippen molar-refractivity contribution in [2.24, 2.45) is 0 Å². The normalized spacial score (nSPS) is 12.1. The van der Waals surface area contributed by atoms with Crippen LogP contribution in [-0.2, 0) is 6.42 Å². The number of hydrogen-bond donors (Lipinski definition) is 1. The standard InChI is InChI=1S/C18H17FN4OS/c1-3-15-8-7-13(10-20-15)17-21-18(23-22-17)25-11(2)16(24)12-5-4-6-14(19)9-12/h4-11H,3H2,1-2H3,(H,21,22,23). The largest absolute Gasteiger partial charge is 0.293 e. The van der Waals surface area contributed by atoms with E-state index in [1.54, 1.807) is 19.2 Å². The van der Waals surface area contributed by atoms with Crippen LogP contribution in [0.2, 0.25) is 0 Å². The molecule has 0 aliphatic rings. The van der Waals surface area contributed by atoms with Gasteiger partial charge < -0.3 is 0 Å². The van der Waals surface area contributed by atoms with E-state index in [1.165, 1.54) is 30.0 Å². The molecule has 0 radical (unpaired) electrons. The number of carbonyl (C=O) groups is 1. The van der Waals surface area contributed by atoms with Crippen molar-refractivity contribution in [3.63, 3.8) is 0 Å². The van der Waals surface area contributed by atoms with E-state index >= 15 is 0 Å². The molecule has 0 aliphatic carbocycles. The molecule has 7 heteroatoms. The predicted molar refractivity (Wildman–Crippen MR) is 95.0 cm³/mol. The first kappa shape index (κ1) is 17.3. The van der Waals surface area contributed by atoms with Gasteiger partial charge in [0.05, 0.1) is 5.25 Å². The minimum atomic E-state index is -0.425. The number of rotatable bonds is 6. The molecule has 0 spiro atoms. The number of Topliss-reactive ketones (excluding diaryl/α,β-unsaturated/α-hetero) is 1. The van der Waals surface area contributed by atoms with Gasteiger partial charge in [-0.05, 0) is 37.6 Å². The van der Waals surface area contributed by atoms with E-state index in [0.29, 0.717) is 16.5 Å². The van der Waals surface area contributed by atoms with Crippen molar-refractivity contribution >= 4 is 17.5 Å². The first-order chi connectivity index (χ1) is 12.1. The smallest absolute Gasteiger partial charge is 0.209 e. The van der Waals surface area contributed by atoms with Crippen molar-refractivity contribution < 1.29 is 9.18 Å². The minimum absolute atomic E-state index is 0.162. The molecule has 1 atom stereocenters. The number of benzene rings is 1. The van der Waals surface area contributed by atoms with Crippen LogP contribution in [0.4, 0.5) is 4.39 Å². The number of H-pyrrole nitrogens is 1. The van der Waals surface area contributed by atoms with Crippen LogP contribution in [0.1, 0.15) is 29.9 Å². The first-order valence-electron chi connectivity index (χ1n) is 7.91. The Bertz CT molecular complexity index is 879. The summed E-state index contributed by atoms with van der Waals surface area (Å²) in [6.07, 6.45) is 2.62. The Balaban J connectivity index is 1.71. The summed E-state index contributed by atoms with van der Waals surface area (Å²) in [6.45, 7) is 3.80. The van der Waals surface area contributed by atoms with Gasteiger partial charge in [-0.25, -0.2) is 9.37 Å². The van der Waals surface area contributed by atoms with Crippen molar-refractivity contribution in [3.8, 4) is 11.4 Å². The summed E-state index contributed by atoms with van der Waals surface area (Å²) in [7, 11) is 0. The Kier molecular flexibility index (Phi) is 5.23. The number of ketones is 1. The Morgan fingerprint density at radius 3 is 2.84 bits per heavy atom. The van der Waals surface area contributed by atoms with E-state index in [9.17, 15) is 9.18 Å². The summed E-state index contributed by atoms with van der Waals surface area (Å²) in [6, 6.07) is 9.56. The summed E-state index contributed by atoms with van der Waals surface area (Å²) in [5, 5.41) is 7.04. The number of aromatic nitrogens is 4. The molecule has 2 heterocycles. The number of nitrogens with one attached hydrogen (secondary N) is 1. The highest BCUT2D eigenvalue weighted by Crippen LogP contribution is 2.25. The highest BCUT2D eigenvalue weighted by Gasteiger charge is 2.19. The number of hydrogen-bond acceptors (Lipinski definition) is 5. The van der Waals surface area contributed by atoms with E-state index in [2.05, 4.69) is 20.2 Å². The third-order valence-electron chi connectivity index (χ3n) is 3.69. The van der Waals surface area contributed by atoms with E-state index < -0.39 is 11.1 Å². The van der Waals surface area contributed by atoms with Gasteiger partial charge in [0.25, 0.3) is 0 Å². The lowest BCUT2D eigenvalue weighted by Crippen LogP contribution is -2.13. The average Bonchev–Trinajstić information content (AvgIpc) is 3.09. The van der Waals surface area contributed by atoms with Gasteiger partial charge >= 0.3 is 0 Å². The molecule has 5 nitrogen and oxygen atoms in total. The Morgan fingerprint density at radius 1 is 1.32 bits per heavy atom. The molecule has 0 aliphatic heterocycles. The average molecular weight is 356 g/mol. The molecular weight excluding hydrogens is 339 g/mol. The van der Waals surface area contributed by atoms with Crippen molar-refractivity contribution in [2.75, 3.05) is 0 Å². The Labute approximate surface area is 149 Å². The fourth-order valence-corrected chi connectivity index (χ4v) is 3.09. The summed E-state index contributed by atoms with van der Waals surface area (Å²) in [5.41, 5.74) is 2.18. The van der Waals surface area contributed by atoms with Crippen LogP contribution in [0.3, 0.4) is 0 Å². The van der Waals surface area contributed by atoms with Crippen LogP contribution in [-0.4, -0.2) is 31.2 Å². The molecule has 3 rings (SSSR count). The molecule has 0 amide bonds. The number of halogens is 1. The molecule has 3 aromatic rings. The van der Waals surface area contributed by atoms with Crippen LogP contribution in [0.15, 0.2) is 47.8 Å².